The fraction of sp³-hybridized carbons (Fsp3) is 0.696. The summed E-state index contributed by atoms with van der Waals surface area (Å²) in [5.41, 5.74) is 0. The Morgan fingerprint density at radius 2 is 1.59 bits per heavy atom. The predicted molar refractivity (Wildman–Crippen MR) is 137 cm³/mol. The second-order valence-corrected chi connectivity index (χ2v) is 10.1. The zero-order valence-corrected chi connectivity index (χ0v) is 24.3. The summed E-state index contributed by atoms with van der Waals surface area (Å²) in [4.78, 5) is 71.1. The van der Waals surface area contributed by atoms with E-state index in [9.17, 15) is 28.8 Å². The van der Waals surface area contributed by atoms with E-state index < -0.39 is 77.8 Å². The first-order valence-corrected chi connectivity index (χ1v) is 12.9. The number of carbonyl (C=O) groups is 6. The number of hydrogen-bond acceptors (Lipinski definition) is 15. The minimum atomic E-state index is -2.04. The molecule has 0 radical (unpaired) electrons. The number of amides is 1. The van der Waals surface area contributed by atoms with Gasteiger partial charge in [-0.1, -0.05) is 0 Å². The normalized spacial score (nSPS) is 23.7. The highest BCUT2D eigenvalue weighted by Gasteiger charge is 2.59. The van der Waals surface area contributed by atoms with Gasteiger partial charge in [0, 0.05) is 41.0 Å². The molecule has 0 bridgehead atoms. The number of carbonyl (C=O) groups excluding carboxylic acids is 6. The van der Waals surface area contributed by atoms with E-state index >= 15 is 0 Å². The molecule has 3 unspecified atom stereocenters. The molecule has 0 aliphatic carbocycles. The Bertz CT molecular complexity index is 958. The van der Waals surface area contributed by atoms with Gasteiger partial charge in [0.1, 0.15) is 18.8 Å². The lowest BCUT2D eigenvalue weighted by molar-refractivity contribution is -0.223. The van der Waals surface area contributed by atoms with Crippen LogP contribution < -0.4 is 5.32 Å². The first-order valence-electron chi connectivity index (χ1n) is 11.7. The molecular formula is C23H33NO13S2. The van der Waals surface area contributed by atoms with Gasteiger partial charge in [0.15, 0.2) is 12.2 Å². The van der Waals surface area contributed by atoms with Crippen molar-refractivity contribution in [2.24, 2.45) is 0 Å². The van der Waals surface area contributed by atoms with Gasteiger partial charge in [-0.25, -0.2) is 4.79 Å². The van der Waals surface area contributed by atoms with Crippen LogP contribution in [0.15, 0.2) is 0 Å². The monoisotopic (exact) mass is 595 g/mol. The molecular weight excluding hydrogens is 562 g/mol. The van der Waals surface area contributed by atoms with Crippen LogP contribution >= 0.6 is 24.0 Å². The largest absolute Gasteiger partial charge is 0.479 e. The molecule has 39 heavy (non-hydrogen) atoms. The van der Waals surface area contributed by atoms with Crippen molar-refractivity contribution in [3.63, 3.8) is 0 Å². The second kappa shape index (κ2) is 15.6. The lowest BCUT2D eigenvalue weighted by atomic mass is 9.89. The minimum Gasteiger partial charge on any atom is -0.479 e. The maximum atomic E-state index is 13.2. The highest BCUT2D eigenvalue weighted by Crippen LogP contribution is 2.43. The van der Waals surface area contributed by atoms with Gasteiger partial charge in [-0.05, 0) is 30.9 Å². The SMILES string of the molecule is CCOC(=S)S[C@]1(C(=O)OC)C[C@@H](OC(C)=O)[C@@H](NC(C)=O)C(C(OC(C)=O)C(COC(C)=O)OC(C)=O)O1. The molecule has 220 valence electrons. The molecule has 1 aliphatic heterocycles. The van der Waals surface area contributed by atoms with E-state index in [0.717, 1.165) is 34.8 Å². The zero-order valence-electron chi connectivity index (χ0n) is 22.6. The third-order valence-corrected chi connectivity index (χ3v) is 6.42. The standard InChI is InChI=1S/C23H33NO13S2/c1-8-32-22(38)39-23(21(30)31-7)9-16(34-13(4)27)18(24-11(2)25)20(37-23)19(36-15(6)29)17(35-14(5)28)10-33-12(3)26/h16-20H,8-10H2,1-7H3,(H,24,25)/t16-,17?,18-,19?,20?,23+/m1/s1. The fourth-order valence-electron chi connectivity index (χ4n) is 3.78. The van der Waals surface area contributed by atoms with Crippen molar-refractivity contribution in [2.75, 3.05) is 20.3 Å². The van der Waals surface area contributed by atoms with Crippen LogP contribution in [-0.4, -0.2) is 95.9 Å². The third kappa shape index (κ3) is 10.6. The van der Waals surface area contributed by atoms with Crippen LogP contribution in [0.1, 0.15) is 48.0 Å². The molecule has 1 amide bonds. The van der Waals surface area contributed by atoms with Crippen LogP contribution in [0.4, 0.5) is 0 Å². The summed E-state index contributed by atoms with van der Waals surface area (Å²) in [6.45, 7) is 6.73. The van der Waals surface area contributed by atoms with Crippen molar-refractivity contribution in [1.29, 1.82) is 0 Å². The van der Waals surface area contributed by atoms with Crippen LogP contribution in [0.25, 0.3) is 0 Å². The van der Waals surface area contributed by atoms with Crippen molar-refractivity contribution >= 4 is 64.1 Å². The molecule has 16 heteroatoms. The number of esters is 5. The van der Waals surface area contributed by atoms with Crippen molar-refractivity contribution in [1.82, 2.24) is 5.32 Å². The average Bonchev–Trinajstić information content (AvgIpc) is 2.80. The first-order chi connectivity index (χ1) is 18.1. The van der Waals surface area contributed by atoms with Crippen molar-refractivity contribution < 1.29 is 61.9 Å². The number of thiocarbonyl (C=S) groups is 1. The summed E-state index contributed by atoms with van der Waals surface area (Å²) in [6.07, 6.45) is -6.29. The molecule has 1 rings (SSSR count). The molecule has 1 N–H and O–H groups in total. The van der Waals surface area contributed by atoms with Gasteiger partial charge < -0.3 is 38.5 Å². The Morgan fingerprint density at radius 1 is 0.974 bits per heavy atom. The van der Waals surface area contributed by atoms with Crippen LogP contribution in [0.2, 0.25) is 0 Å². The van der Waals surface area contributed by atoms with Gasteiger partial charge in [0.25, 0.3) is 0 Å². The van der Waals surface area contributed by atoms with E-state index in [1.807, 2.05) is 0 Å². The molecule has 1 heterocycles. The van der Waals surface area contributed by atoms with Crippen LogP contribution in [0, 0.1) is 0 Å². The van der Waals surface area contributed by atoms with Crippen molar-refractivity contribution in [3.05, 3.63) is 0 Å². The van der Waals surface area contributed by atoms with Gasteiger partial charge in [-0.2, -0.15) is 0 Å². The number of rotatable bonds is 11. The van der Waals surface area contributed by atoms with E-state index in [-0.39, 0.29) is 17.4 Å². The lowest BCUT2D eigenvalue weighted by Crippen LogP contribution is -2.68. The summed E-state index contributed by atoms with van der Waals surface area (Å²) in [5.74, 6) is -4.79. The maximum Gasteiger partial charge on any atom is 0.349 e. The minimum absolute atomic E-state index is 0.123. The van der Waals surface area contributed by atoms with Crippen LogP contribution in [0.3, 0.4) is 0 Å². The predicted octanol–water partition coefficient (Wildman–Crippen LogP) is 0.562. The summed E-state index contributed by atoms with van der Waals surface area (Å²) in [6, 6.07) is -1.26. The first kappa shape index (κ1) is 34.0. The fourth-order valence-corrected chi connectivity index (χ4v) is 5.33. The van der Waals surface area contributed by atoms with Crippen molar-refractivity contribution in [3.8, 4) is 0 Å². The second-order valence-electron chi connectivity index (χ2n) is 8.21. The average molecular weight is 596 g/mol. The van der Waals surface area contributed by atoms with Crippen LogP contribution in [-0.2, 0) is 61.9 Å². The zero-order chi connectivity index (χ0) is 29.9. The number of hydrogen-bond donors (Lipinski definition) is 1. The highest BCUT2D eigenvalue weighted by molar-refractivity contribution is 8.23. The molecule has 0 aromatic carbocycles. The lowest BCUT2D eigenvalue weighted by Gasteiger charge is -2.48. The number of methoxy groups -OCH3 is 1. The molecule has 0 aromatic rings. The highest BCUT2D eigenvalue weighted by atomic mass is 32.2. The van der Waals surface area contributed by atoms with E-state index in [2.05, 4.69) is 5.32 Å². The summed E-state index contributed by atoms with van der Waals surface area (Å²) in [7, 11) is 1.08. The third-order valence-electron chi connectivity index (χ3n) is 5.01. The molecule has 1 saturated heterocycles. The molecule has 1 fully saturated rings. The summed E-state index contributed by atoms with van der Waals surface area (Å²) in [5, 5.41) is 2.58. The summed E-state index contributed by atoms with van der Waals surface area (Å²) < 4.78 is 37.6. The van der Waals surface area contributed by atoms with Gasteiger partial charge in [-0.3, -0.25) is 24.0 Å². The Kier molecular flexibility index (Phi) is 13.6. The molecule has 0 aromatic heterocycles. The molecule has 6 atom stereocenters. The number of thioether (sulfide) groups is 1. The molecule has 14 nitrogen and oxygen atoms in total. The molecule has 1 aliphatic rings. The van der Waals surface area contributed by atoms with Crippen molar-refractivity contribution in [2.45, 2.75) is 83.4 Å². The van der Waals surface area contributed by atoms with Gasteiger partial charge in [0.05, 0.1) is 19.8 Å². The van der Waals surface area contributed by atoms with E-state index in [1.54, 1.807) is 6.92 Å². The smallest absolute Gasteiger partial charge is 0.349 e. The maximum absolute atomic E-state index is 13.2. The van der Waals surface area contributed by atoms with Gasteiger partial charge in [-0.15, -0.1) is 0 Å². The molecule has 0 saturated carbocycles. The van der Waals surface area contributed by atoms with Gasteiger partial charge >= 0.3 is 29.8 Å². The van der Waals surface area contributed by atoms with E-state index in [1.165, 1.54) is 6.92 Å². The van der Waals surface area contributed by atoms with E-state index in [4.69, 9.17) is 45.4 Å². The Morgan fingerprint density at radius 3 is 2.05 bits per heavy atom. The number of nitrogens with one attached hydrogen (secondary N) is 1. The summed E-state index contributed by atoms with van der Waals surface area (Å²) >= 11 is 5.85. The van der Waals surface area contributed by atoms with Crippen LogP contribution in [0.5, 0.6) is 0 Å². The Hall–Kier alpha value is -2.98. The molecule has 0 spiro atoms. The number of ether oxygens (including phenoxy) is 7. The van der Waals surface area contributed by atoms with Gasteiger partial charge in [0.2, 0.25) is 15.2 Å². The Labute approximate surface area is 235 Å². The van der Waals surface area contributed by atoms with E-state index in [0.29, 0.717) is 11.8 Å². The quantitative estimate of drug-likeness (QED) is 0.199. The topological polar surface area (TPSA) is 179 Å². The Balaban J connectivity index is 3.85.